The third kappa shape index (κ3) is 3.11. The van der Waals surface area contributed by atoms with Gasteiger partial charge in [0.15, 0.2) is 5.72 Å². The summed E-state index contributed by atoms with van der Waals surface area (Å²) in [5.41, 5.74) is 2.78. The lowest BCUT2D eigenvalue weighted by Gasteiger charge is -2.18. The first-order valence-electron chi connectivity index (χ1n) is 4.81. The molecule has 0 saturated carbocycles. The van der Waals surface area contributed by atoms with Gasteiger partial charge in [-0.15, -0.1) is 0 Å². The van der Waals surface area contributed by atoms with E-state index >= 15 is 0 Å². The first-order valence-corrected chi connectivity index (χ1v) is 5.60. The van der Waals surface area contributed by atoms with Crippen molar-refractivity contribution in [1.82, 2.24) is 5.32 Å². The Morgan fingerprint density at radius 1 is 1.56 bits per heavy atom. The summed E-state index contributed by atoms with van der Waals surface area (Å²) in [6.45, 7) is 4.65. The SMILES string of the molecule is CC(C)CNC1(/C(Br)=C(\N)C(F)(F)F)CO1. The number of hydrogen-bond donors (Lipinski definition) is 2. The third-order valence-electron chi connectivity index (χ3n) is 2.13. The van der Waals surface area contributed by atoms with E-state index in [0.717, 1.165) is 0 Å². The highest BCUT2D eigenvalue weighted by molar-refractivity contribution is 9.11. The molecule has 16 heavy (non-hydrogen) atoms. The Bertz CT molecular complexity index is 298. The van der Waals surface area contributed by atoms with Gasteiger partial charge in [0.1, 0.15) is 5.70 Å². The number of epoxide rings is 1. The normalized spacial score (nSPS) is 26.9. The zero-order valence-electron chi connectivity index (χ0n) is 8.99. The molecule has 94 valence electrons. The van der Waals surface area contributed by atoms with Crippen molar-refractivity contribution in [3.8, 4) is 0 Å². The molecule has 1 aliphatic heterocycles. The van der Waals surface area contributed by atoms with Crippen molar-refractivity contribution in [2.75, 3.05) is 13.2 Å². The molecular weight excluding hydrogens is 289 g/mol. The van der Waals surface area contributed by atoms with Gasteiger partial charge in [-0.05, 0) is 21.8 Å². The molecule has 3 nitrogen and oxygen atoms in total. The average Bonchev–Trinajstić information content (AvgIpc) is 2.92. The summed E-state index contributed by atoms with van der Waals surface area (Å²) in [6.07, 6.45) is -4.54. The van der Waals surface area contributed by atoms with Gasteiger partial charge in [0.05, 0.1) is 11.1 Å². The number of allylic oxidation sites excluding steroid dienone is 1. The van der Waals surface area contributed by atoms with Crippen molar-refractivity contribution < 1.29 is 17.9 Å². The molecular formula is C9H14BrF3N2O. The largest absolute Gasteiger partial charge is 0.431 e. The van der Waals surface area contributed by atoms with Crippen LogP contribution in [0.5, 0.6) is 0 Å². The van der Waals surface area contributed by atoms with Crippen LogP contribution in [0.2, 0.25) is 0 Å². The van der Waals surface area contributed by atoms with Crippen molar-refractivity contribution in [1.29, 1.82) is 0 Å². The van der Waals surface area contributed by atoms with Crippen molar-refractivity contribution in [3.63, 3.8) is 0 Å². The van der Waals surface area contributed by atoms with Gasteiger partial charge in [0.25, 0.3) is 0 Å². The number of hydrogen-bond acceptors (Lipinski definition) is 3. The summed E-state index contributed by atoms with van der Waals surface area (Å²) in [5.74, 6) is 0.313. The predicted octanol–water partition coefficient (Wildman–Crippen LogP) is 2.09. The van der Waals surface area contributed by atoms with E-state index in [1.807, 2.05) is 13.8 Å². The maximum absolute atomic E-state index is 12.4. The van der Waals surface area contributed by atoms with Crippen LogP contribution in [-0.2, 0) is 4.74 Å². The molecule has 3 N–H and O–H groups in total. The van der Waals surface area contributed by atoms with Gasteiger partial charge in [0.2, 0.25) is 0 Å². The van der Waals surface area contributed by atoms with Gasteiger partial charge in [-0.25, -0.2) is 0 Å². The van der Waals surface area contributed by atoms with Crippen molar-refractivity contribution in [2.24, 2.45) is 11.7 Å². The molecule has 1 fully saturated rings. The summed E-state index contributed by atoms with van der Waals surface area (Å²) >= 11 is 2.86. The maximum atomic E-state index is 12.4. The molecule has 7 heteroatoms. The van der Waals surface area contributed by atoms with Crippen LogP contribution in [0.4, 0.5) is 13.2 Å². The molecule has 1 aliphatic rings. The molecule has 0 aliphatic carbocycles. The Morgan fingerprint density at radius 3 is 2.38 bits per heavy atom. The van der Waals surface area contributed by atoms with Crippen molar-refractivity contribution in [2.45, 2.75) is 25.7 Å². The zero-order chi connectivity index (χ0) is 12.6. The molecule has 1 heterocycles. The Balaban J connectivity index is 2.77. The predicted molar refractivity (Wildman–Crippen MR) is 57.7 cm³/mol. The van der Waals surface area contributed by atoms with Crippen LogP contribution in [0, 0.1) is 5.92 Å². The van der Waals surface area contributed by atoms with Crippen LogP contribution in [0.1, 0.15) is 13.8 Å². The molecule has 0 bridgehead atoms. The van der Waals surface area contributed by atoms with Crippen molar-refractivity contribution in [3.05, 3.63) is 10.2 Å². The van der Waals surface area contributed by atoms with Crippen LogP contribution in [-0.4, -0.2) is 25.1 Å². The number of alkyl halides is 3. The van der Waals surface area contributed by atoms with Crippen LogP contribution in [0.3, 0.4) is 0 Å². The quantitative estimate of drug-likeness (QED) is 0.782. The lowest BCUT2D eigenvalue weighted by atomic mass is 10.2. The van der Waals surface area contributed by atoms with E-state index in [0.29, 0.717) is 12.5 Å². The molecule has 1 atom stereocenters. The molecule has 0 radical (unpaired) electrons. The second kappa shape index (κ2) is 4.54. The Labute approximate surface area is 100 Å². The van der Waals surface area contributed by atoms with Gasteiger partial charge in [-0.2, -0.15) is 13.2 Å². The summed E-state index contributed by atoms with van der Waals surface area (Å²) in [7, 11) is 0. The lowest BCUT2D eigenvalue weighted by molar-refractivity contribution is -0.0936. The fraction of sp³-hybridized carbons (Fsp3) is 0.778. The highest BCUT2D eigenvalue weighted by Gasteiger charge is 2.51. The fourth-order valence-corrected chi connectivity index (χ4v) is 1.68. The van der Waals surface area contributed by atoms with Gasteiger partial charge >= 0.3 is 6.18 Å². The summed E-state index contributed by atoms with van der Waals surface area (Å²) in [5, 5.41) is 2.92. The van der Waals surface area contributed by atoms with Gasteiger partial charge in [0, 0.05) is 6.54 Å². The van der Waals surface area contributed by atoms with Crippen LogP contribution >= 0.6 is 15.9 Å². The van der Waals surface area contributed by atoms with E-state index in [9.17, 15) is 13.2 Å². The minimum absolute atomic E-state index is 0.173. The number of nitrogens with one attached hydrogen (secondary N) is 1. The Morgan fingerprint density at radius 2 is 2.06 bits per heavy atom. The number of ether oxygens (including phenoxy) is 1. The third-order valence-corrected chi connectivity index (χ3v) is 3.19. The second-order valence-electron chi connectivity index (χ2n) is 4.12. The zero-order valence-corrected chi connectivity index (χ0v) is 10.6. The smallest absolute Gasteiger partial charge is 0.394 e. The van der Waals surface area contributed by atoms with Crippen LogP contribution < -0.4 is 11.1 Å². The highest BCUT2D eigenvalue weighted by atomic mass is 79.9. The van der Waals surface area contributed by atoms with Crippen LogP contribution in [0.25, 0.3) is 0 Å². The molecule has 0 aromatic heterocycles. The topological polar surface area (TPSA) is 50.6 Å². The molecule has 0 aromatic carbocycles. The van der Waals surface area contributed by atoms with E-state index < -0.39 is 17.6 Å². The van der Waals surface area contributed by atoms with Crippen molar-refractivity contribution >= 4 is 15.9 Å². The van der Waals surface area contributed by atoms with E-state index in [4.69, 9.17) is 10.5 Å². The second-order valence-corrected chi connectivity index (χ2v) is 4.91. The minimum atomic E-state index is -4.54. The molecule has 1 saturated heterocycles. The summed E-state index contributed by atoms with van der Waals surface area (Å²) in [6, 6.07) is 0. The van der Waals surface area contributed by atoms with Gasteiger partial charge in [-0.1, -0.05) is 13.8 Å². The van der Waals surface area contributed by atoms with E-state index in [-0.39, 0.29) is 11.1 Å². The minimum Gasteiger partial charge on any atom is -0.394 e. The Hall–Kier alpha value is -0.270. The average molecular weight is 303 g/mol. The number of nitrogens with two attached hydrogens (primary N) is 1. The maximum Gasteiger partial charge on any atom is 0.431 e. The Kier molecular flexibility index (Phi) is 3.91. The monoisotopic (exact) mass is 302 g/mol. The van der Waals surface area contributed by atoms with E-state index in [1.54, 1.807) is 0 Å². The molecule has 1 rings (SSSR count). The van der Waals surface area contributed by atoms with E-state index in [2.05, 4.69) is 21.2 Å². The first-order chi connectivity index (χ1) is 7.19. The molecule has 0 aromatic rings. The fourth-order valence-electron chi connectivity index (χ4n) is 1.09. The summed E-state index contributed by atoms with van der Waals surface area (Å²) in [4.78, 5) is 0. The van der Waals surface area contributed by atoms with Crippen LogP contribution in [0.15, 0.2) is 10.2 Å². The number of halogens is 4. The molecule has 1 unspecified atom stereocenters. The first kappa shape index (κ1) is 13.8. The summed E-state index contributed by atoms with van der Waals surface area (Å²) < 4.78 is 41.9. The standard InChI is InChI=1S/C9H14BrF3N2O/c1-5(2)3-15-8(4-16-8)6(10)7(14)9(11,12)13/h5,15H,3-4,14H2,1-2H3/b7-6+. The molecule has 0 spiro atoms. The van der Waals surface area contributed by atoms with Gasteiger partial charge in [-0.3, -0.25) is 5.32 Å². The van der Waals surface area contributed by atoms with Gasteiger partial charge < -0.3 is 10.5 Å². The number of rotatable bonds is 4. The highest BCUT2D eigenvalue weighted by Crippen LogP contribution is 2.40. The lowest BCUT2D eigenvalue weighted by Crippen LogP contribution is -2.38. The van der Waals surface area contributed by atoms with E-state index in [1.165, 1.54) is 0 Å². The molecule has 0 amide bonds.